The van der Waals surface area contributed by atoms with Crippen molar-refractivity contribution >= 4 is 0 Å². The lowest BCUT2D eigenvalue weighted by Crippen LogP contribution is -2.32. The topological polar surface area (TPSA) is 99.5 Å². The average Bonchev–Trinajstić information content (AvgIpc) is 3.13. The van der Waals surface area contributed by atoms with E-state index in [9.17, 15) is 10.1 Å². The molecule has 1 aromatic carbocycles. The molecule has 7 nitrogen and oxygen atoms in total. The maximum absolute atomic E-state index is 13.1. The summed E-state index contributed by atoms with van der Waals surface area (Å²) >= 11 is 0. The fourth-order valence-electron chi connectivity index (χ4n) is 3.59. The summed E-state index contributed by atoms with van der Waals surface area (Å²) in [5.41, 5.74) is 8.03. The van der Waals surface area contributed by atoms with Crippen LogP contribution in [-0.2, 0) is 13.5 Å². The highest BCUT2D eigenvalue weighted by molar-refractivity contribution is 5.57. The lowest BCUT2D eigenvalue weighted by molar-refractivity contribution is 0.174. The van der Waals surface area contributed by atoms with E-state index in [0.29, 0.717) is 22.8 Å². The van der Waals surface area contributed by atoms with E-state index in [-0.39, 0.29) is 23.8 Å². The molecule has 4 rings (SSSR count). The van der Waals surface area contributed by atoms with Crippen LogP contribution in [0, 0.1) is 11.3 Å². The van der Waals surface area contributed by atoms with Gasteiger partial charge in [0.1, 0.15) is 17.4 Å². The molecule has 138 valence electrons. The smallest absolute Gasteiger partial charge is 0.258 e. The molecule has 27 heavy (non-hydrogen) atoms. The van der Waals surface area contributed by atoms with Crippen LogP contribution in [0.3, 0.4) is 0 Å². The molecule has 0 spiro atoms. The molecule has 3 heterocycles. The highest BCUT2D eigenvalue weighted by Crippen LogP contribution is 2.43. The number of hydrogen-bond donors (Lipinski definition) is 1. The summed E-state index contributed by atoms with van der Waals surface area (Å²) in [7, 11) is 1.73. The van der Waals surface area contributed by atoms with Gasteiger partial charge in [-0.05, 0) is 24.1 Å². The van der Waals surface area contributed by atoms with Crippen molar-refractivity contribution in [2.45, 2.75) is 25.7 Å². The lowest BCUT2D eigenvalue weighted by Gasteiger charge is -2.27. The van der Waals surface area contributed by atoms with E-state index in [1.54, 1.807) is 23.7 Å². The number of aryl methyl sites for hydroxylation is 1. The van der Waals surface area contributed by atoms with Crippen molar-refractivity contribution in [1.82, 2.24) is 4.57 Å². The van der Waals surface area contributed by atoms with Crippen LogP contribution in [-0.4, -0.2) is 11.4 Å². The Morgan fingerprint density at radius 1 is 1.26 bits per heavy atom. The monoisotopic (exact) mass is 365 g/mol. The largest absolute Gasteiger partial charge is 0.454 e. The minimum absolute atomic E-state index is 0.0170. The Bertz CT molecular complexity index is 1060. The molecular formula is C20H19N3O4. The van der Waals surface area contributed by atoms with Gasteiger partial charge in [0, 0.05) is 18.8 Å². The van der Waals surface area contributed by atoms with Crippen LogP contribution in [0.2, 0.25) is 0 Å². The van der Waals surface area contributed by atoms with Gasteiger partial charge >= 0.3 is 0 Å². The second-order valence-corrected chi connectivity index (χ2v) is 6.57. The van der Waals surface area contributed by atoms with Gasteiger partial charge in [-0.3, -0.25) is 4.79 Å². The predicted octanol–water partition coefficient (Wildman–Crippen LogP) is 2.28. The number of aromatic nitrogens is 1. The molecule has 1 atom stereocenters. The number of hydrogen-bond acceptors (Lipinski definition) is 6. The van der Waals surface area contributed by atoms with Crippen LogP contribution < -0.4 is 25.5 Å². The van der Waals surface area contributed by atoms with Gasteiger partial charge in [-0.1, -0.05) is 19.4 Å². The molecular weight excluding hydrogens is 346 g/mol. The molecule has 2 N–H and O–H groups in total. The van der Waals surface area contributed by atoms with E-state index in [0.717, 1.165) is 24.1 Å². The molecule has 0 saturated carbocycles. The van der Waals surface area contributed by atoms with E-state index in [1.807, 2.05) is 19.1 Å². The maximum Gasteiger partial charge on any atom is 0.258 e. The van der Waals surface area contributed by atoms with E-state index in [2.05, 4.69) is 6.07 Å². The Morgan fingerprint density at radius 2 is 2.04 bits per heavy atom. The standard InChI is InChI=1S/C20H19N3O4/c1-3-4-12-8-16-18(20(24)23(12)2)17(13(9-21)19(22)27-16)11-5-6-14-15(7-11)26-10-25-14/h5-8,17H,3-4,10,22H2,1-2H3. The minimum atomic E-state index is -0.623. The van der Waals surface area contributed by atoms with Gasteiger partial charge in [-0.15, -0.1) is 0 Å². The van der Waals surface area contributed by atoms with Crippen LogP contribution in [0.5, 0.6) is 17.2 Å². The van der Waals surface area contributed by atoms with Crippen molar-refractivity contribution in [2.75, 3.05) is 6.79 Å². The molecule has 2 aliphatic rings. The first-order valence-electron chi connectivity index (χ1n) is 8.75. The molecule has 1 unspecified atom stereocenters. The number of rotatable bonds is 3. The van der Waals surface area contributed by atoms with Gasteiger partial charge in [0.25, 0.3) is 5.56 Å². The molecule has 2 aromatic rings. The SMILES string of the molecule is CCCc1cc2c(c(=O)n1C)C(c1ccc3c(c1)OCO3)C(C#N)=C(N)O2. The number of nitriles is 1. The number of benzene rings is 1. The second-order valence-electron chi connectivity index (χ2n) is 6.57. The third-order valence-electron chi connectivity index (χ3n) is 4.95. The fourth-order valence-corrected chi connectivity index (χ4v) is 3.59. The fraction of sp³-hybridized carbons (Fsp3) is 0.300. The summed E-state index contributed by atoms with van der Waals surface area (Å²) in [4.78, 5) is 13.1. The Balaban J connectivity index is 1.95. The van der Waals surface area contributed by atoms with Crippen molar-refractivity contribution < 1.29 is 14.2 Å². The highest BCUT2D eigenvalue weighted by atomic mass is 16.7. The first kappa shape index (κ1) is 17.0. The molecule has 0 aliphatic carbocycles. The van der Waals surface area contributed by atoms with Crippen molar-refractivity contribution in [1.29, 1.82) is 5.26 Å². The first-order chi connectivity index (χ1) is 13.0. The van der Waals surface area contributed by atoms with Crippen molar-refractivity contribution in [3.05, 3.63) is 62.9 Å². The Hall–Kier alpha value is -3.40. The van der Waals surface area contributed by atoms with Gasteiger partial charge < -0.3 is 24.5 Å². The third-order valence-corrected chi connectivity index (χ3v) is 4.95. The molecule has 7 heteroatoms. The number of pyridine rings is 1. The zero-order chi connectivity index (χ0) is 19.1. The highest BCUT2D eigenvalue weighted by Gasteiger charge is 2.35. The average molecular weight is 365 g/mol. The number of ether oxygens (including phenoxy) is 3. The Kier molecular flexibility index (Phi) is 4.04. The molecule has 0 amide bonds. The quantitative estimate of drug-likeness (QED) is 0.896. The molecule has 0 fully saturated rings. The molecule has 0 bridgehead atoms. The van der Waals surface area contributed by atoms with Gasteiger partial charge in [-0.25, -0.2) is 0 Å². The van der Waals surface area contributed by atoms with Crippen molar-refractivity contribution in [2.24, 2.45) is 12.8 Å². The van der Waals surface area contributed by atoms with Gasteiger partial charge in [0.05, 0.1) is 11.5 Å². The molecule has 1 aromatic heterocycles. The maximum atomic E-state index is 13.1. The second kappa shape index (κ2) is 6.40. The van der Waals surface area contributed by atoms with Gasteiger partial charge in [0.15, 0.2) is 11.5 Å². The van der Waals surface area contributed by atoms with Crippen LogP contribution in [0.15, 0.2) is 40.5 Å². The van der Waals surface area contributed by atoms with Crippen LogP contribution in [0.1, 0.15) is 36.1 Å². The zero-order valence-corrected chi connectivity index (χ0v) is 15.1. The summed E-state index contributed by atoms with van der Waals surface area (Å²) in [6.45, 7) is 2.19. The Morgan fingerprint density at radius 3 is 2.78 bits per heavy atom. The first-order valence-corrected chi connectivity index (χ1v) is 8.75. The van der Waals surface area contributed by atoms with E-state index in [4.69, 9.17) is 19.9 Å². The van der Waals surface area contributed by atoms with Gasteiger partial charge in [0.2, 0.25) is 12.7 Å². The van der Waals surface area contributed by atoms with E-state index < -0.39 is 5.92 Å². The lowest BCUT2D eigenvalue weighted by atomic mass is 9.83. The summed E-state index contributed by atoms with van der Waals surface area (Å²) < 4.78 is 18.1. The zero-order valence-electron chi connectivity index (χ0n) is 15.1. The Labute approximate surface area is 156 Å². The predicted molar refractivity (Wildman–Crippen MR) is 97.5 cm³/mol. The summed E-state index contributed by atoms with van der Waals surface area (Å²) in [6, 6.07) is 9.31. The number of nitrogens with two attached hydrogens (primary N) is 1. The van der Waals surface area contributed by atoms with E-state index >= 15 is 0 Å². The van der Waals surface area contributed by atoms with E-state index in [1.165, 1.54) is 0 Å². The van der Waals surface area contributed by atoms with Crippen LogP contribution in [0.25, 0.3) is 0 Å². The van der Waals surface area contributed by atoms with Crippen LogP contribution >= 0.6 is 0 Å². The molecule has 0 saturated heterocycles. The number of nitrogens with zero attached hydrogens (tertiary/aromatic N) is 2. The number of allylic oxidation sites excluding steroid dienone is 1. The third kappa shape index (κ3) is 2.61. The van der Waals surface area contributed by atoms with Gasteiger partial charge in [-0.2, -0.15) is 5.26 Å². The summed E-state index contributed by atoms with van der Waals surface area (Å²) in [5.74, 6) is 1.01. The molecule has 0 radical (unpaired) electrons. The van der Waals surface area contributed by atoms with Crippen molar-refractivity contribution in [3.63, 3.8) is 0 Å². The van der Waals surface area contributed by atoms with Crippen LogP contribution in [0.4, 0.5) is 0 Å². The summed E-state index contributed by atoms with van der Waals surface area (Å²) in [5, 5.41) is 9.68. The molecule has 2 aliphatic heterocycles. The summed E-state index contributed by atoms with van der Waals surface area (Å²) in [6.07, 6.45) is 1.64. The minimum Gasteiger partial charge on any atom is -0.454 e. The van der Waals surface area contributed by atoms with Crippen molar-refractivity contribution in [3.8, 4) is 23.3 Å². The normalized spacial score (nSPS) is 17.3. The number of fused-ring (bicyclic) bond motifs is 2.